The van der Waals surface area contributed by atoms with Gasteiger partial charge in [0.05, 0.1) is 18.9 Å². The van der Waals surface area contributed by atoms with E-state index >= 15 is 0 Å². The number of nitrogens with one attached hydrogen (secondary N) is 1. The predicted molar refractivity (Wildman–Crippen MR) is 52.7 cm³/mol. The topological polar surface area (TPSA) is 98.9 Å². The molecule has 80 valence electrons. The van der Waals surface area contributed by atoms with Crippen molar-refractivity contribution in [2.75, 3.05) is 13.2 Å². The van der Waals surface area contributed by atoms with E-state index in [9.17, 15) is 4.79 Å². The molecule has 0 aliphatic rings. The van der Waals surface area contributed by atoms with Crippen LogP contribution >= 0.6 is 0 Å². The Morgan fingerprint density at radius 1 is 1.67 bits per heavy atom. The molecule has 1 aromatic rings. The lowest BCUT2D eigenvalue weighted by molar-refractivity contribution is 0.0939. The first kappa shape index (κ1) is 13.0. The average Bonchev–Trinajstić information content (AvgIpc) is 2.28. The van der Waals surface area contributed by atoms with Gasteiger partial charge in [-0.05, 0) is 0 Å². The van der Waals surface area contributed by atoms with E-state index in [-0.39, 0.29) is 24.8 Å². The highest BCUT2D eigenvalue weighted by Gasteiger charge is 2.03. The minimum Gasteiger partial charge on any atom is -0.395 e. The molecule has 15 heavy (non-hydrogen) atoms. The zero-order valence-electron chi connectivity index (χ0n) is 8.34. The van der Waals surface area contributed by atoms with Crippen LogP contribution in [0.1, 0.15) is 17.4 Å². The first-order valence-electron chi connectivity index (χ1n) is 4.22. The largest absolute Gasteiger partial charge is 0.395 e. The van der Waals surface area contributed by atoms with Crippen molar-refractivity contribution < 1.29 is 9.90 Å². The van der Waals surface area contributed by atoms with E-state index in [0.717, 1.165) is 0 Å². The quantitative estimate of drug-likeness (QED) is 0.712. The molecule has 0 spiro atoms. The van der Waals surface area contributed by atoms with Gasteiger partial charge in [0, 0.05) is 25.9 Å². The maximum absolute atomic E-state index is 11.1. The summed E-state index contributed by atoms with van der Waals surface area (Å²) in [6.07, 6.45) is 4.30. The van der Waals surface area contributed by atoms with E-state index in [2.05, 4.69) is 15.3 Å². The Morgan fingerprint density at radius 3 is 2.80 bits per heavy atom. The minimum absolute atomic E-state index is 0.0774. The average molecular weight is 208 g/mol. The van der Waals surface area contributed by atoms with Crippen LogP contribution in [-0.4, -0.2) is 34.1 Å². The lowest BCUT2D eigenvalue weighted by Crippen LogP contribution is -2.27. The van der Waals surface area contributed by atoms with Gasteiger partial charge in [-0.15, -0.1) is 0 Å². The summed E-state index contributed by atoms with van der Waals surface area (Å²) < 4.78 is 0. The summed E-state index contributed by atoms with van der Waals surface area (Å²) in [7, 11) is 0. The fraction of sp³-hybridized carbons (Fsp3) is 0.333. The predicted octanol–water partition coefficient (Wildman–Crippen LogP) is -0.271. The summed E-state index contributed by atoms with van der Waals surface area (Å²) in [6.45, 7) is 1.58. The summed E-state index contributed by atoms with van der Waals surface area (Å²) in [4.78, 5) is 18.6. The molecule has 0 fully saturated rings. The van der Waals surface area contributed by atoms with Crippen LogP contribution in [0, 0.1) is 11.3 Å². The van der Waals surface area contributed by atoms with Crippen molar-refractivity contribution in [3.63, 3.8) is 0 Å². The van der Waals surface area contributed by atoms with Crippen molar-refractivity contribution >= 4 is 5.91 Å². The molecule has 1 heterocycles. The summed E-state index contributed by atoms with van der Waals surface area (Å²) in [6, 6.07) is 1.75. The molecule has 0 radical (unpaired) electrons. The fourth-order valence-electron chi connectivity index (χ4n) is 0.676. The van der Waals surface area contributed by atoms with Gasteiger partial charge in [-0.2, -0.15) is 5.26 Å². The number of amides is 1. The fourth-order valence-corrected chi connectivity index (χ4v) is 0.676. The molecule has 0 aliphatic carbocycles. The molecule has 0 atom stereocenters. The molecule has 1 rings (SSSR count). The van der Waals surface area contributed by atoms with E-state index in [1.165, 1.54) is 25.5 Å². The number of nitriles is 1. The molecule has 6 heteroatoms. The number of rotatable bonds is 3. The highest BCUT2D eigenvalue weighted by molar-refractivity contribution is 5.91. The number of hydrogen-bond donors (Lipinski definition) is 2. The van der Waals surface area contributed by atoms with Crippen molar-refractivity contribution in [2.45, 2.75) is 6.92 Å². The Balaban J connectivity index is 0.000000583. The summed E-state index contributed by atoms with van der Waals surface area (Å²) in [5, 5.41) is 18.2. The first-order chi connectivity index (χ1) is 7.26. The molecular weight excluding hydrogens is 196 g/mol. The zero-order valence-corrected chi connectivity index (χ0v) is 8.34. The number of carbonyl (C=O) groups excluding carboxylic acids is 1. The van der Waals surface area contributed by atoms with Crippen molar-refractivity contribution in [1.82, 2.24) is 15.3 Å². The molecule has 2 N–H and O–H groups in total. The van der Waals surface area contributed by atoms with Gasteiger partial charge in [0.2, 0.25) is 0 Å². The number of aliphatic hydroxyl groups excluding tert-OH is 1. The third kappa shape index (κ3) is 6.12. The molecule has 0 aliphatic heterocycles. The first-order valence-corrected chi connectivity index (χ1v) is 4.22. The van der Waals surface area contributed by atoms with Gasteiger partial charge < -0.3 is 10.4 Å². The monoisotopic (exact) mass is 208 g/mol. The lowest BCUT2D eigenvalue weighted by atomic mass is 10.4. The van der Waals surface area contributed by atoms with Gasteiger partial charge in [0.15, 0.2) is 0 Å². The summed E-state index contributed by atoms with van der Waals surface area (Å²) >= 11 is 0. The van der Waals surface area contributed by atoms with Crippen molar-refractivity contribution in [3.05, 3.63) is 24.3 Å². The van der Waals surface area contributed by atoms with Crippen LogP contribution in [-0.2, 0) is 0 Å². The second-order valence-electron chi connectivity index (χ2n) is 2.29. The maximum Gasteiger partial charge on any atom is 0.271 e. The van der Waals surface area contributed by atoms with Crippen molar-refractivity contribution in [2.24, 2.45) is 0 Å². The Kier molecular flexibility index (Phi) is 7.45. The molecule has 0 bridgehead atoms. The van der Waals surface area contributed by atoms with Crippen LogP contribution in [0.2, 0.25) is 0 Å². The second kappa shape index (κ2) is 8.59. The van der Waals surface area contributed by atoms with Crippen LogP contribution in [0.5, 0.6) is 0 Å². The maximum atomic E-state index is 11.1. The van der Waals surface area contributed by atoms with Gasteiger partial charge in [-0.25, -0.2) is 4.98 Å². The smallest absolute Gasteiger partial charge is 0.271 e. The van der Waals surface area contributed by atoms with Gasteiger partial charge in [0.1, 0.15) is 5.69 Å². The normalized spacial score (nSPS) is 8.07. The van der Waals surface area contributed by atoms with E-state index < -0.39 is 0 Å². The van der Waals surface area contributed by atoms with Crippen molar-refractivity contribution in [1.29, 1.82) is 5.26 Å². The molecule has 0 unspecified atom stereocenters. The van der Waals surface area contributed by atoms with E-state index in [0.29, 0.717) is 0 Å². The number of aromatic nitrogens is 2. The third-order valence-corrected chi connectivity index (χ3v) is 1.19. The summed E-state index contributed by atoms with van der Waals surface area (Å²) in [5.74, 6) is -0.322. The molecule has 6 nitrogen and oxygen atoms in total. The number of hydrogen-bond acceptors (Lipinski definition) is 5. The van der Waals surface area contributed by atoms with Crippen LogP contribution < -0.4 is 5.32 Å². The number of nitrogens with zero attached hydrogens (tertiary/aromatic N) is 3. The van der Waals surface area contributed by atoms with Crippen LogP contribution in [0.25, 0.3) is 0 Å². The van der Waals surface area contributed by atoms with Gasteiger partial charge in [-0.3, -0.25) is 9.78 Å². The molecule has 1 amide bonds. The minimum atomic E-state index is -0.322. The molecule has 0 saturated heterocycles. The second-order valence-corrected chi connectivity index (χ2v) is 2.29. The SMILES string of the molecule is CC#N.O=C(NCCO)c1cnccn1. The van der Waals surface area contributed by atoms with Gasteiger partial charge >= 0.3 is 0 Å². The Morgan fingerprint density at radius 2 is 2.33 bits per heavy atom. The van der Waals surface area contributed by atoms with Crippen LogP contribution in [0.4, 0.5) is 0 Å². The van der Waals surface area contributed by atoms with E-state index in [1.54, 1.807) is 6.07 Å². The van der Waals surface area contributed by atoms with E-state index in [4.69, 9.17) is 10.4 Å². The zero-order chi connectivity index (χ0) is 11.5. The van der Waals surface area contributed by atoms with Gasteiger partial charge in [-0.1, -0.05) is 0 Å². The Labute approximate surface area is 87.6 Å². The molecule has 0 aromatic carbocycles. The highest BCUT2D eigenvalue weighted by atomic mass is 16.3. The Bertz CT molecular complexity index is 321. The van der Waals surface area contributed by atoms with Crippen LogP contribution in [0.15, 0.2) is 18.6 Å². The number of aliphatic hydroxyl groups is 1. The molecule has 1 aromatic heterocycles. The Hall–Kier alpha value is -2.00. The third-order valence-electron chi connectivity index (χ3n) is 1.19. The standard InChI is InChI=1S/C7H9N3O2.C2H3N/c11-4-3-10-7(12)6-5-8-1-2-9-6;1-2-3/h1-2,5,11H,3-4H2,(H,10,12);1H3. The number of carbonyl (C=O) groups is 1. The highest BCUT2D eigenvalue weighted by Crippen LogP contribution is 1.88. The molecule has 0 saturated carbocycles. The van der Waals surface area contributed by atoms with Gasteiger partial charge in [0.25, 0.3) is 5.91 Å². The van der Waals surface area contributed by atoms with Crippen LogP contribution in [0.3, 0.4) is 0 Å². The lowest BCUT2D eigenvalue weighted by Gasteiger charge is -1.99. The van der Waals surface area contributed by atoms with E-state index in [1.807, 2.05) is 0 Å². The summed E-state index contributed by atoms with van der Waals surface area (Å²) in [5.41, 5.74) is 0.256. The molecular formula is C9H12N4O2. The van der Waals surface area contributed by atoms with Crippen molar-refractivity contribution in [3.8, 4) is 6.07 Å².